The molecule has 0 radical (unpaired) electrons. The minimum Gasteiger partial charge on any atom is -0.386 e. The number of hydrogen-bond donors (Lipinski definition) is 1. The van der Waals surface area contributed by atoms with E-state index in [1.807, 2.05) is 32.1 Å². The van der Waals surface area contributed by atoms with Crippen LogP contribution in [0, 0.1) is 0 Å². The van der Waals surface area contributed by atoms with Crippen molar-refractivity contribution in [2.75, 3.05) is 0 Å². The summed E-state index contributed by atoms with van der Waals surface area (Å²) >= 11 is 0. The molecule has 0 aromatic rings. The van der Waals surface area contributed by atoms with Crippen molar-refractivity contribution in [3.63, 3.8) is 0 Å². The molecule has 0 aromatic carbocycles. The van der Waals surface area contributed by atoms with E-state index in [-0.39, 0.29) is 12.2 Å². The topological polar surface area (TPSA) is 38.7 Å². The summed E-state index contributed by atoms with van der Waals surface area (Å²) in [6.07, 6.45) is 5.70. The smallest absolute Gasteiger partial charge is 0.164 e. The summed E-state index contributed by atoms with van der Waals surface area (Å²) in [5.74, 6) is -0.536. The van der Waals surface area contributed by atoms with Gasteiger partial charge in [-0.25, -0.2) is 0 Å². The second-order valence-corrected chi connectivity index (χ2v) is 5.10. The van der Waals surface area contributed by atoms with Crippen LogP contribution in [0.25, 0.3) is 0 Å². The quantitative estimate of drug-likeness (QED) is 0.717. The Morgan fingerprint density at radius 3 is 2.47 bits per heavy atom. The number of aliphatic hydroxyl groups is 1. The van der Waals surface area contributed by atoms with Gasteiger partial charge in [0.15, 0.2) is 5.79 Å². The molecule has 1 aliphatic heterocycles. The molecule has 1 fully saturated rings. The second-order valence-electron chi connectivity index (χ2n) is 5.10. The zero-order chi connectivity index (χ0) is 11.3. The fraction of sp³-hybridized carbons (Fsp3) is 0.667. The standard InChI is InChI=1S/C12H18O3/c1-11(2,13)8-5-6-9-10(7-8)15-12(3,4)14-9/h5-7,9-10,13H,1-4H3/t9-,10+/m0/s1. The molecule has 2 aliphatic rings. The van der Waals surface area contributed by atoms with Gasteiger partial charge >= 0.3 is 0 Å². The summed E-state index contributed by atoms with van der Waals surface area (Å²) < 4.78 is 11.4. The molecule has 1 heterocycles. The molecule has 3 heteroatoms. The molecule has 1 N–H and O–H groups in total. The minimum absolute atomic E-state index is 0.0221. The van der Waals surface area contributed by atoms with Gasteiger partial charge in [-0.15, -0.1) is 0 Å². The van der Waals surface area contributed by atoms with Crippen molar-refractivity contribution in [1.82, 2.24) is 0 Å². The molecule has 2 atom stereocenters. The second kappa shape index (κ2) is 3.17. The molecular formula is C12H18O3. The first-order chi connectivity index (χ1) is 6.78. The number of fused-ring (bicyclic) bond motifs is 1. The molecule has 15 heavy (non-hydrogen) atoms. The van der Waals surface area contributed by atoms with E-state index in [0.29, 0.717) is 0 Å². The Morgan fingerprint density at radius 2 is 1.87 bits per heavy atom. The third-order valence-electron chi connectivity index (χ3n) is 2.68. The van der Waals surface area contributed by atoms with Crippen molar-refractivity contribution in [3.8, 4) is 0 Å². The van der Waals surface area contributed by atoms with Crippen molar-refractivity contribution >= 4 is 0 Å². The lowest BCUT2D eigenvalue weighted by Crippen LogP contribution is -2.28. The van der Waals surface area contributed by atoms with E-state index < -0.39 is 11.4 Å². The van der Waals surface area contributed by atoms with Gasteiger partial charge in [0.25, 0.3) is 0 Å². The van der Waals surface area contributed by atoms with Crippen LogP contribution in [-0.2, 0) is 9.47 Å². The molecule has 0 unspecified atom stereocenters. The van der Waals surface area contributed by atoms with Gasteiger partial charge in [-0.2, -0.15) is 0 Å². The molecule has 84 valence electrons. The van der Waals surface area contributed by atoms with Gasteiger partial charge < -0.3 is 14.6 Å². The SMILES string of the molecule is CC1(C)O[C@H]2C=CC(C(C)(C)O)=C[C@H]2O1. The molecular weight excluding hydrogens is 192 g/mol. The first kappa shape index (κ1) is 10.9. The molecule has 0 amide bonds. The van der Waals surface area contributed by atoms with E-state index in [0.717, 1.165) is 5.57 Å². The maximum atomic E-state index is 9.88. The highest BCUT2D eigenvalue weighted by molar-refractivity contribution is 5.34. The Balaban J connectivity index is 2.21. The van der Waals surface area contributed by atoms with Crippen molar-refractivity contribution < 1.29 is 14.6 Å². The van der Waals surface area contributed by atoms with E-state index in [1.54, 1.807) is 13.8 Å². The third kappa shape index (κ3) is 2.14. The summed E-state index contributed by atoms with van der Waals surface area (Å²) in [6, 6.07) is 0. The van der Waals surface area contributed by atoms with Crippen molar-refractivity contribution in [3.05, 3.63) is 23.8 Å². The molecule has 1 saturated heterocycles. The average Bonchev–Trinajstić information content (AvgIpc) is 2.34. The Labute approximate surface area is 90.4 Å². The van der Waals surface area contributed by atoms with E-state index in [2.05, 4.69) is 0 Å². The Bertz CT molecular complexity index is 320. The lowest BCUT2D eigenvalue weighted by molar-refractivity contribution is -0.138. The maximum Gasteiger partial charge on any atom is 0.164 e. The Kier molecular flexibility index (Phi) is 2.30. The van der Waals surface area contributed by atoms with Crippen LogP contribution in [0.2, 0.25) is 0 Å². The number of hydrogen-bond acceptors (Lipinski definition) is 3. The van der Waals surface area contributed by atoms with Crippen molar-refractivity contribution in [2.45, 2.75) is 51.3 Å². The summed E-state index contributed by atoms with van der Waals surface area (Å²) in [4.78, 5) is 0. The summed E-state index contributed by atoms with van der Waals surface area (Å²) in [5, 5.41) is 9.88. The number of ether oxygens (including phenoxy) is 2. The molecule has 1 aliphatic carbocycles. The zero-order valence-corrected chi connectivity index (χ0v) is 9.65. The normalized spacial score (nSPS) is 33.8. The lowest BCUT2D eigenvalue weighted by Gasteiger charge is -2.24. The summed E-state index contributed by atoms with van der Waals surface area (Å²) in [6.45, 7) is 7.34. The summed E-state index contributed by atoms with van der Waals surface area (Å²) in [5.41, 5.74) is 0.0578. The Morgan fingerprint density at radius 1 is 1.27 bits per heavy atom. The first-order valence-electron chi connectivity index (χ1n) is 5.26. The Hall–Kier alpha value is -0.640. The van der Waals surface area contributed by atoms with Crippen LogP contribution >= 0.6 is 0 Å². The van der Waals surface area contributed by atoms with Crippen LogP contribution in [-0.4, -0.2) is 28.7 Å². The van der Waals surface area contributed by atoms with Gasteiger partial charge in [0.05, 0.1) is 5.60 Å². The van der Waals surface area contributed by atoms with Gasteiger partial charge in [0.2, 0.25) is 0 Å². The fourth-order valence-electron chi connectivity index (χ4n) is 1.93. The van der Waals surface area contributed by atoms with Gasteiger partial charge in [-0.3, -0.25) is 0 Å². The van der Waals surface area contributed by atoms with Crippen LogP contribution in [0.4, 0.5) is 0 Å². The molecule has 2 rings (SSSR count). The van der Waals surface area contributed by atoms with Crippen LogP contribution in [0.3, 0.4) is 0 Å². The maximum absolute atomic E-state index is 9.88. The third-order valence-corrected chi connectivity index (χ3v) is 2.68. The van der Waals surface area contributed by atoms with Gasteiger partial charge in [0, 0.05) is 0 Å². The van der Waals surface area contributed by atoms with Crippen LogP contribution in [0.1, 0.15) is 27.7 Å². The predicted octanol–water partition coefficient (Wildman–Crippen LogP) is 1.77. The molecule has 0 bridgehead atoms. The number of rotatable bonds is 1. The van der Waals surface area contributed by atoms with E-state index in [4.69, 9.17) is 9.47 Å². The van der Waals surface area contributed by atoms with Gasteiger partial charge in [-0.05, 0) is 39.3 Å². The molecule has 0 saturated carbocycles. The molecule has 3 nitrogen and oxygen atoms in total. The fourth-order valence-corrected chi connectivity index (χ4v) is 1.93. The van der Waals surface area contributed by atoms with Crippen LogP contribution < -0.4 is 0 Å². The van der Waals surface area contributed by atoms with Crippen molar-refractivity contribution in [2.24, 2.45) is 0 Å². The van der Waals surface area contributed by atoms with E-state index >= 15 is 0 Å². The summed E-state index contributed by atoms with van der Waals surface area (Å²) in [7, 11) is 0. The van der Waals surface area contributed by atoms with Crippen LogP contribution in [0.5, 0.6) is 0 Å². The monoisotopic (exact) mass is 210 g/mol. The van der Waals surface area contributed by atoms with Gasteiger partial charge in [-0.1, -0.05) is 12.2 Å². The van der Waals surface area contributed by atoms with Gasteiger partial charge in [0.1, 0.15) is 12.2 Å². The van der Waals surface area contributed by atoms with E-state index in [1.165, 1.54) is 0 Å². The highest BCUT2D eigenvalue weighted by Crippen LogP contribution is 2.34. The first-order valence-corrected chi connectivity index (χ1v) is 5.26. The zero-order valence-electron chi connectivity index (χ0n) is 9.65. The average molecular weight is 210 g/mol. The highest BCUT2D eigenvalue weighted by atomic mass is 16.7. The largest absolute Gasteiger partial charge is 0.386 e. The van der Waals surface area contributed by atoms with Crippen LogP contribution in [0.15, 0.2) is 23.8 Å². The van der Waals surface area contributed by atoms with Crippen molar-refractivity contribution in [1.29, 1.82) is 0 Å². The molecule has 0 aromatic heterocycles. The lowest BCUT2D eigenvalue weighted by atomic mass is 9.91. The predicted molar refractivity (Wildman–Crippen MR) is 57.3 cm³/mol. The van der Waals surface area contributed by atoms with E-state index in [9.17, 15) is 5.11 Å². The highest BCUT2D eigenvalue weighted by Gasteiger charge is 2.41. The molecule has 0 spiro atoms. The minimum atomic E-state index is -0.822.